The molecule has 106 valence electrons. The van der Waals surface area contributed by atoms with Crippen LogP contribution in [0.25, 0.3) is 0 Å². The van der Waals surface area contributed by atoms with Gasteiger partial charge in [0.05, 0.1) is 6.61 Å². The summed E-state index contributed by atoms with van der Waals surface area (Å²) in [7, 11) is 2.32. The molecule has 1 aliphatic carbocycles. The standard InChI is InChI=1S/C15H30N2O/c1-3-16-11-15(9-10-18-13-15)12-17(2)14-7-5-4-6-8-14/h14,16H,3-13H2,1-2H3. The minimum Gasteiger partial charge on any atom is -0.381 e. The molecule has 1 unspecified atom stereocenters. The molecule has 1 aliphatic heterocycles. The molecule has 0 spiro atoms. The van der Waals surface area contributed by atoms with E-state index >= 15 is 0 Å². The monoisotopic (exact) mass is 254 g/mol. The number of nitrogens with zero attached hydrogens (tertiary/aromatic N) is 1. The number of ether oxygens (including phenoxy) is 1. The first kappa shape index (κ1) is 14.3. The molecule has 1 N–H and O–H groups in total. The summed E-state index contributed by atoms with van der Waals surface area (Å²) in [5.41, 5.74) is 0.363. The van der Waals surface area contributed by atoms with Crippen molar-refractivity contribution in [3.05, 3.63) is 0 Å². The van der Waals surface area contributed by atoms with E-state index in [1.54, 1.807) is 0 Å². The van der Waals surface area contributed by atoms with E-state index in [-0.39, 0.29) is 0 Å². The Bertz CT molecular complexity index is 233. The van der Waals surface area contributed by atoms with Crippen LogP contribution in [0.4, 0.5) is 0 Å². The summed E-state index contributed by atoms with van der Waals surface area (Å²) in [6.07, 6.45) is 8.30. The van der Waals surface area contributed by atoms with Gasteiger partial charge >= 0.3 is 0 Å². The topological polar surface area (TPSA) is 24.5 Å². The van der Waals surface area contributed by atoms with E-state index in [0.717, 1.165) is 32.3 Å². The van der Waals surface area contributed by atoms with E-state index < -0.39 is 0 Å². The fourth-order valence-electron chi connectivity index (χ4n) is 3.54. The molecular weight excluding hydrogens is 224 g/mol. The van der Waals surface area contributed by atoms with Crippen LogP contribution in [0.15, 0.2) is 0 Å². The Morgan fingerprint density at radius 3 is 2.67 bits per heavy atom. The molecule has 3 nitrogen and oxygen atoms in total. The Balaban J connectivity index is 1.86. The summed E-state index contributed by atoms with van der Waals surface area (Å²) in [6, 6.07) is 0.817. The van der Waals surface area contributed by atoms with E-state index in [4.69, 9.17) is 4.74 Å². The predicted octanol–water partition coefficient (Wildman–Crippen LogP) is 2.27. The van der Waals surface area contributed by atoms with Crippen LogP contribution in [-0.2, 0) is 4.74 Å². The fraction of sp³-hybridized carbons (Fsp3) is 1.00. The van der Waals surface area contributed by atoms with Crippen molar-refractivity contribution in [2.24, 2.45) is 5.41 Å². The van der Waals surface area contributed by atoms with Crippen molar-refractivity contribution < 1.29 is 4.74 Å². The fourth-order valence-corrected chi connectivity index (χ4v) is 3.54. The molecule has 1 heterocycles. The van der Waals surface area contributed by atoms with Crippen molar-refractivity contribution >= 4 is 0 Å². The number of nitrogens with one attached hydrogen (secondary N) is 1. The third kappa shape index (κ3) is 3.69. The average molecular weight is 254 g/mol. The first-order chi connectivity index (χ1) is 8.76. The summed E-state index contributed by atoms with van der Waals surface area (Å²) >= 11 is 0. The van der Waals surface area contributed by atoms with Crippen LogP contribution < -0.4 is 5.32 Å². The van der Waals surface area contributed by atoms with Crippen molar-refractivity contribution in [2.75, 3.05) is 39.9 Å². The molecule has 2 fully saturated rings. The van der Waals surface area contributed by atoms with Gasteiger partial charge in [-0.3, -0.25) is 0 Å². The van der Waals surface area contributed by atoms with E-state index in [1.165, 1.54) is 45.1 Å². The molecule has 3 heteroatoms. The Morgan fingerprint density at radius 2 is 2.06 bits per heavy atom. The van der Waals surface area contributed by atoms with Crippen LogP contribution in [0.2, 0.25) is 0 Å². The van der Waals surface area contributed by atoms with E-state index in [0.29, 0.717) is 5.41 Å². The highest BCUT2D eigenvalue weighted by atomic mass is 16.5. The van der Waals surface area contributed by atoms with Crippen molar-refractivity contribution in [3.63, 3.8) is 0 Å². The minimum absolute atomic E-state index is 0.363. The van der Waals surface area contributed by atoms with Crippen molar-refractivity contribution in [1.29, 1.82) is 0 Å². The molecule has 1 saturated heterocycles. The lowest BCUT2D eigenvalue weighted by Crippen LogP contribution is -2.47. The Labute approximate surface area is 112 Å². The average Bonchev–Trinajstić information content (AvgIpc) is 2.86. The Morgan fingerprint density at radius 1 is 1.28 bits per heavy atom. The van der Waals surface area contributed by atoms with Gasteiger partial charge in [0.2, 0.25) is 0 Å². The van der Waals surface area contributed by atoms with Gasteiger partial charge in [-0.1, -0.05) is 26.2 Å². The van der Waals surface area contributed by atoms with Crippen LogP contribution in [0.1, 0.15) is 45.4 Å². The summed E-state index contributed by atoms with van der Waals surface area (Å²) in [4.78, 5) is 2.62. The summed E-state index contributed by atoms with van der Waals surface area (Å²) in [6.45, 7) is 7.45. The molecular formula is C15H30N2O. The third-order valence-electron chi connectivity index (χ3n) is 4.72. The van der Waals surface area contributed by atoms with Crippen LogP contribution >= 0.6 is 0 Å². The zero-order chi connectivity index (χ0) is 12.8. The second kappa shape index (κ2) is 6.88. The molecule has 2 aliphatic rings. The van der Waals surface area contributed by atoms with E-state index in [9.17, 15) is 0 Å². The largest absolute Gasteiger partial charge is 0.381 e. The minimum atomic E-state index is 0.363. The van der Waals surface area contributed by atoms with Gasteiger partial charge in [0.25, 0.3) is 0 Å². The van der Waals surface area contributed by atoms with Gasteiger partial charge in [-0.2, -0.15) is 0 Å². The molecule has 1 saturated carbocycles. The molecule has 1 atom stereocenters. The summed E-state index contributed by atoms with van der Waals surface area (Å²) in [5.74, 6) is 0. The maximum Gasteiger partial charge on any atom is 0.0547 e. The molecule has 18 heavy (non-hydrogen) atoms. The summed E-state index contributed by atoms with van der Waals surface area (Å²) in [5, 5.41) is 3.53. The maximum atomic E-state index is 5.68. The second-order valence-corrected chi connectivity index (χ2v) is 6.29. The SMILES string of the molecule is CCNCC1(CN(C)C2CCCCC2)CCOC1. The lowest BCUT2D eigenvalue weighted by Gasteiger charge is -2.38. The van der Waals surface area contributed by atoms with Gasteiger partial charge in [-0.15, -0.1) is 0 Å². The zero-order valence-electron chi connectivity index (χ0n) is 12.2. The Kier molecular flexibility index (Phi) is 5.46. The van der Waals surface area contributed by atoms with Crippen LogP contribution in [-0.4, -0.2) is 50.8 Å². The molecule has 0 aromatic heterocycles. The lowest BCUT2D eigenvalue weighted by molar-refractivity contribution is 0.0894. The van der Waals surface area contributed by atoms with Crippen LogP contribution in [0.3, 0.4) is 0 Å². The number of rotatable bonds is 6. The molecule has 2 rings (SSSR count). The van der Waals surface area contributed by atoms with Crippen LogP contribution in [0, 0.1) is 5.41 Å². The first-order valence-electron chi connectivity index (χ1n) is 7.74. The molecule has 0 bridgehead atoms. The summed E-state index contributed by atoms with van der Waals surface area (Å²) < 4.78 is 5.68. The van der Waals surface area contributed by atoms with Gasteiger partial charge in [-0.25, -0.2) is 0 Å². The quantitative estimate of drug-likeness (QED) is 0.787. The van der Waals surface area contributed by atoms with Crippen molar-refractivity contribution in [3.8, 4) is 0 Å². The van der Waals surface area contributed by atoms with Gasteiger partial charge in [0, 0.05) is 31.2 Å². The highest BCUT2D eigenvalue weighted by molar-refractivity contribution is 4.89. The number of hydrogen-bond donors (Lipinski definition) is 1. The molecule has 0 amide bonds. The van der Waals surface area contributed by atoms with Crippen molar-refractivity contribution in [2.45, 2.75) is 51.5 Å². The molecule has 0 aromatic carbocycles. The second-order valence-electron chi connectivity index (χ2n) is 6.29. The highest BCUT2D eigenvalue weighted by Crippen LogP contribution is 2.31. The first-order valence-corrected chi connectivity index (χ1v) is 7.74. The van der Waals surface area contributed by atoms with Gasteiger partial charge in [0.1, 0.15) is 0 Å². The highest BCUT2D eigenvalue weighted by Gasteiger charge is 2.36. The predicted molar refractivity (Wildman–Crippen MR) is 75.9 cm³/mol. The third-order valence-corrected chi connectivity index (χ3v) is 4.72. The normalized spacial score (nSPS) is 30.2. The van der Waals surface area contributed by atoms with Crippen molar-refractivity contribution in [1.82, 2.24) is 10.2 Å². The van der Waals surface area contributed by atoms with Crippen LogP contribution in [0.5, 0.6) is 0 Å². The molecule has 0 radical (unpaired) electrons. The zero-order valence-corrected chi connectivity index (χ0v) is 12.2. The lowest BCUT2D eigenvalue weighted by atomic mass is 9.85. The smallest absolute Gasteiger partial charge is 0.0547 e. The van der Waals surface area contributed by atoms with E-state index in [1.807, 2.05) is 0 Å². The number of hydrogen-bond acceptors (Lipinski definition) is 3. The van der Waals surface area contributed by atoms with Gasteiger partial charge < -0.3 is 15.0 Å². The Hall–Kier alpha value is -0.120. The van der Waals surface area contributed by atoms with Gasteiger partial charge in [0.15, 0.2) is 0 Å². The van der Waals surface area contributed by atoms with E-state index in [2.05, 4.69) is 24.2 Å². The maximum absolute atomic E-state index is 5.68. The van der Waals surface area contributed by atoms with Gasteiger partial charge in [-0.05, 0) is 32.9 Å². The molecule has 0 aromatic rings.